The van der Waals surface area contributed by atoms with Gasteiger partial charge < -0.3 is 4.42 Å². The summed E-state index contributed by atoms with van der Waals surface area (Å²) in [5.74, 6) is 0.887. The molecule has 1 aromatic heterocycles. The Kier molecular flexibility index (Phi) is 3.70. The molecule has 0 fully saturated rings. The van der Waals surface area contributed by atoms with E-state index in [0.29, 0.717) is 0 Å². The fourth-order valence-corrected chi connectivity index (χ4v) is 4.34. The second kappa shape index (κ2) is 5.35. The van der Waals surface area contributed by atoms with Gasteiger partial charge in [-0.3, -0.25) is 0 Å². The molecule has 3 rings (SSSR count). The average molecular weight is 356 g/mol. The van der Waals surface area contributed by atoms with Crippen molar-refractivity contribution < 1.29 is 12.8 Å². The van der Waals surface area contributed by atoms with Gasteiger partial charge in [-0.25, -0.2) is 13.1 Å². The van der Waals surface area contributed by atoms with E-state index in [4.69, 9.17) is 4.42 Å². The maximum absolute atomic E-state index is 12.4. The zero-order chi connectivity index (χ0) is 14.2. The highest BCUT2D eigenvalue weighted by molar-refractivity contribution is 9.10. The van der Waals surface area contributed by atoms with E-state index in [1.165, 1.54) is 0 Å². The van der Waals surface area contributed by atoms with Crippen LogP contribution in [-0.4, -0.2) is 8.42 Å². The van der Waals surface area contributed by atoms with Crippen LogP contribution in [0.25, 0.3) is 0 Å². The Morgan fingerprint density at radius 3 is 2.95 bits per heavy atom. The quantitative estimate of drug-likeness (QED) is 0.917. The van der Waals surface area contributed by atoms with Gasteiger partial charge in [0, 0.05) is 16.5 Å². The smallest absolute Gasteiger partial charge is 0.241 e. The maximum Gasteiger partial charge on any atom is 0.241 e. The Labute approximate surface area is 126 Å². The van der Waals surface area contributed by atoms with Gasteiger partial charge in [-0.05, 0) is 37.1 Å². The number of nitrogens with one attached hydrogen (secondary N) is 1. The molecule has 0 amide bonds. The van der Waals surface area contributed by atoms with Crippen LogP contribution in [-0.2, 0) is 16.4 Å². The minimum atomic E-state index is -3.52. The number of halogens is 1. The van der Waals surface area contributed by atoms with Gasteiger partial charge in [0.2, 0.25) is 10.0 Å². The molecule has 0 radical (unpaired) electrons. The lowest BCUT2D eigenvalue weighted by molar-refractivity contribution is 0.438. The van der Waals surface area contributed by atoms with Crippen LogP contribution in [0, 0.1) is 0 Å². The van der Waals surface area contributed by atoms with Crippen molar-refractivity contribution >= 4 is 26.0 Å². The lowest BCUT2D eigenvalue weighted by atomic mass is 9.94. The lowest BCUT2D eigenvalue weighted by Gasteiger charge is -2.22. The standard InChI is InChI=1S/C14H14BrNO3S/c15-10-3-1-4-11(9-10)20(17,18)16-13-5-2-6-14-12(13)7-8-19-14/h1,3-4,7-9,13,16H,2,5-6H2. The summed E-state index contributed by atoms with van der Waals surface area (Å²) in [6, 6.07) is 8.34. The van der Waals surface area contributed by atoms with Gasteiger partial charge in [0.1, 0.15) is 5.76 Å². The molecule has 1 aromatic carbocycles. The predicted molar refractivity (Wildman–Crippen MR) is 78.9 cm³/mol. The van der Waals surface area contributed by atoms with Crippen molar-refractivity contribution in [1.29, 1.82) is 0 Å². The van der Waals surface area contributed by atoms with Crippen molar-refractivity contribution in [3.8, 4) is 0 Å². The molecule has 0 saturated heterocycles. The molecule has 1 aliphatic carbocycles. The van der Waals surface area contributed by atoms with Crippen molar-refractivity contribution in [3.05, 3.63) is 52.4 Å². The molecule has 1 atom stereocenters. The maximum atomic E-state index is 12.4. The normalized spacial score (nSPS) is 18.8. The first kappa shape index (κ1) is 13.9. The molecule has 4 nitrogen and oxygen atoms in total. The van der Waals surface area contributed by atoms with Crippen LogP contribution in [0.15, 0.2) is 50.4 Å². The molecule has 1 unspecified atom stereocenters. The second-order valence-corrected chi connectivity index (χ2v) is 7.45. The van der Waals surface area contributed by atoms with E-state index in [0.717, 1.165) is 35.1 Å². The summed E-state index contributed by atoms with van der Waals surface area (Å²) >= 11 is 3.29. The third kappa shape index (κ3) is 2.68. The number of sulfonamides is 1. The Morgan fingerprint density at radius 1 is 1.30 bits per heavy atom. The van der Waals surface area contributed by atoms with Gasteiger partial charge in [-0.15, -0.1) is 0 Å². The molecular weight excluding hydrogens is 342 g/mol. The minimum Gasteiger partial charge on any atom is -0.469 e. The van der Waals surface area contributed by atoms with Crippen LogP contribution in [0.2, 0.25) is 0 Å². The molecule has 106 valence electrons. The molecule has 1 aliphatic rings. The summed E-state index contributed by atoms with van der Waals surface area (Å²) in [5, 5.41) is 0. The fraction of sp³-hybridized carbons (Fsp3) is 0.286. The average Bonchev–Trinajstić information content (AvgIpc) is 2.88. The third-order valence-electron chi connectivity index (χ3n) is 3.46. The topological polar surface area (TPSA) is 59.3 Å². The number of rotatable bonds is 3. The van der Waals surface area contributed by atoms with Crippen LogP contribution < -0.4 is 4.72 Å². The Bertz CT molecular complexity index is 724. The Balaban J connectivity index is 1.89. The van der Waals surface area contributed by atoms with Gasteiger partial charge >= 0.3 is 0 Å². The van der Waals surface area contributed by atoms with Crippen LogP contribution >= 0.6 is 15.9 Å². The highest BCUT2D eigenvalue weighted by Crippen LogP contribution is 2.31. The van der Waals surface area contributed by atoms with Crippen LogP contribution in [0.3, 0.4) is 0 Å². The third-order valence-corrected chi connectivity index (χ3v) is 5.42. The van der Waals surface area contributed by atoms with Gasteiger partial charge in [-0.1, -0.05) is 22.0 Å². The fourth-order valence-electron chi connectivity index (χ4n) is 2.50. The van der Waals surface area contributed by atoms with Crippen molar-refractivity contribution in [2.75, 3.05) is 0 Å². The summed E-state index contributed by atoms with van der Waals surface area (Å²) in [6.45, 7) is 0. The van der Waals surface area contributed by atoms with E-state index in [2.05, 4.69) is 20.7 Å². The monoisotopic (exact) mass is 355 g/mol. The van der Waals surface area contributed by atoms with Gasteiger partial charge in [0.25, 0.3) is 0 Å². The summed E-state index contributed by atoms with van der Waals surface area (Å²) in [6.07, 6.45) is 4.21. The SMILES string of the molecule is O=S(=O)(NC1CCCc2occc21)c1cccc(Br)c1. The highest BCUT2D eigenvalue weighted by atomic mass is 79.9. The first-order valence-electron chi connectivity index (χ1n) is 6.40. The number of hydrogen-bond acceptors (Lipinski definition) is 3. The van der Waals surface area contributed by atoms with E-state index < -0.39 is 10.0 Å². The van der Waals surface area contributed by atoms with E-state index in [-0.39, 0.29) is 10.9 Å². The molecule has 1 N–H and O–H groups in total. The van der Waals surface area contributed by atoms with Crippen molar-refractivity contribution in [2.24, 2.45) is 0 Å². The largest absolute Gasteiger partial charge is 0.469 e. The lowest BCUT2D eigenvalue weighted by Crippen LogP contribution is -2.30. The molecule has 6 heteroatoms. The van der Waals surface area contributed by atoms with Crippen molar-refractivity contribution in [1.82, 2.24) is 4.72 Å². The zero-order valence-electron chi connectivity index (χ0n) is 10.7. The van der Waals surface area contributed by atoms with Gasteiger partial charge in [0.15, 0.2) is 0 Å². The summed E-state index contributed by atoms with van der Waals surface area (Å²) in [4.78, 5) is 0.266. The molecule has 0 spiro atoms. The van der Waals surface area contributed by atoms with E-state index in [1.54, 1.807) is 30.5 Å². The number of benzene rings is 1. The van der Waals surface area contributed by atoms with Gasteiger partial charge in [-0.2, -0.15) is 0 Å². The van der Waals surface area contributed by atoms with Gasteiger partial charge in [0.05, 0.1) is 17.2 Å². The van der Waals surface area contributed by atoms with Crippen LogP contribution in [0.4, 0.5) is 0 Å². The zero-order valence-corrected chi connectivity index (χ0v) is 13.1. The molecule has 0 bridgehead atoms. The second-order valence-electron chi connectivity index (χ2n) is 4.82. The highest BCUT2D eigenvalue weighted by Gasteiger charge is 2.27. The van der Waals surface area contributed by atoms with Crippen LogP contribution in [0.1, 0.15) is 30.2 Å². The van der Waals surface area contributed by atoms with Crippen molar-refractivity contribution in [2.45, 2.75) is 30.2 Å². The van der Waals surface area contributed by atoms with E-state index in [9.17, 15) is 8.42 Å². The van der Waals surface area contributed by atoms with Crippen LogP contribution in [0.5, 0.6) is 0 Å². The minimum absolute atomic E-state index is 0.207. The number of hydrogen-bond donors (Lipinski definition) is 1. The molecule has 20 heavy (non-hydrogen) atoms. The number of furan rings is 1. The number of aryl methyl sites for hydroxylation is 1. The molecule has 0 saturated carbocycles. The first-order valence-corrected chi connectivity index (χ1v) is 8.68. The van der Waals surface area contributed by atoms with Crippen molar-refractivity contribution in [3.63, 3.8) is 0 Å². The molecule has 2 aromatic rings. The van der Waals surface area contributed by atoms with E-state index >= 15 is 0 Å². The summed E-state index contributed by atoms with van der Waals surface area (Å²) in [7, 11) is -3.52. The predicted octanol–water partition coefficient (Wildman–Crippen LogP) is 3.40. The first-order chi connectivity index (χ1) is 9.56. The summed E-state index contributed by atoms with van der Waals surface area (Å²) in [5.41, 5.74) is 0.954. The molecule has 0 aliphatic heterocycles. The number of fused-ring (bicyclic) bond motifs is 1. The Hall–Kier alpha value is -1.11. The Morgan fingerprint density at radius 2 is 2.15 bits per heavy atom. The molecular formula is C14H14BrNO3S. The van der Waals surface area contributed by atoms with E-state index in [1.807, 2.05) is 6.07 Å². The summed E-state index contributed by atoms with van der Waals surface area (Å²) < 4.78 is 33.7. The molecule has 1 heterocycles.